The number of carboxylic acids is 1. The summed E-state index contributed by atoms with van der Waals surface area (Å²) >= 11 is 0. The first kappa shape index (κ1) is 13.2. The maximum Gasteiger partial charge on any atom is 0.358 e. The van der Waals surface area contributed by atoms with Gasteiger partial charge in [-0.2, -0.15) is 0 Å². The number of carboxylic acid groups (broad SMARTS) is 1. The van der Waals surface area contributed by atoms with Crippen LogP contribution in [-0.4, -0.2) is 16.2 Å². The van der Waals surface area contributed by atoms with Crippen molar-refractivity contribution in [1.29, 1.82) is 0 Å². The topological polar surface area (TPSA) is 63.3 Å². The molecule has 1 aromatic heterocycles. The normalized spacial score (nSPS) is 10.7. The van der Waals surface area contributed by atoms with Crippen LogP contribution in [0.25, 0.3) is 0 Å². The summed E-state index contributed by atoms with van der Waals surface area (Å²) in [6, 6.07) is 3.77. The first-order valence-electron chi connectivity index (χ1n) is 5.67. The molecule has 1 heterocycles. The van der Waals surface area contributed by atoms with Gasteiger partial charge in [-0.1, -0.05) is 18.1 Å². The summed E-state index contributed by atoms with van der Waals surface area (Å²) in [6.07, 6.45) is 0.500. The standard InChI is InChI=1S/C13H11F2NO3/c1-2-9-7(3-4-10(14)12(9)15)5-8-6-11(13(17)18)16-19-8/h3-4,6H,2,5H2,1H3,(H,17,18). The molecule has 2 rings (SSSR count). The van der Waals surface area contributed by atoms with E-state index in [2.05, 4.69) is 5.16 Å². The SMILES string of the molecule is CCc1c(Cc2cc(C(=O)O)no2)ccc(F)c1F. The van der Waals surface area contributed by atoms with E-state index >= 15 is 0 Å². The highest BCUT2D eigenvalue weighted by Gasteiger charge is 2.15. The lowest BCUT2D eigenvalue weighted by Crippen LogP contribution is -2.00. The van der Waals surface area contributed by atoms with Gasteiger partial charge in [-0.3, -0.25) is 0 Å². The molecule has 0 amide bonds. The largest absolute Gasteiger partial charge is 0.476 e. The lowest BCUT2D eigenvalue weighted by molar-refractivity contribution is 0.0685. The molecule has 0 aliphatic heterocycles. The fourth-order valence-corrected chi connectivity index (χ4v) is 1.87. The van der Waals surface area contributed by atoms with Crippen LogP contribution in [0.2, 0.25) is 0 Å². The minimum Gasteiger partial charge on any atom is -0.476 e. The first-order chi connectivity index (χ1) is 9.02. The monoisotopic (exact) mass is 267 g/mol. The maximum atomic E-state index is 13.6. The third kappa shape index (κ3) is 2.62. The Hall–Kier alpha value is -2.24. The number of nitrogens with zero attached hydrogens (tertiary/aromatic N) is 1. The van der Waals surface area contributed by atoms with Gasteiger partial charge < -0.3 is 9.63 Å². The number of aromatic carboxylic acids is 1. The van der Waals surface area contributed by atoms with Crippen LogP contribution in [0, 0.1) is 11.6 Å². The molecule has 1 N–H and O–H groups in total. The summed E-state index contributed by atoms with van der Waals surface area (Å²) in [4.78, 5) is 10.7. The van der Waals surface area contributed by atoms with E-state index in [0.717, 1.165) is 6.07 Å². The number of carbonyl (C=O) groups is 1. The Morgan fingerprint density at radius 2 is 2.16 bits per heavy atom. The predicted octanol–water partition coefficient (Wildman–Crippen LogP) is 2.80. The lowest BCUT2D eigenvalue weighted by atomic mass is 10.0. The third-order valence-corrected chi connectivity index (χ3v) is 2.79. The molecule has 0 spiro atoms. The van der Waals surface area contributed by atoms with E-state index in [4.69, 9.17) is 9.63 Å². The van der Waals surface area contributed by atoms with E-state index in [0.29, 0.717) is 12.0 Å². The van der Waals surface area contributed by atoms with Crippen molar-refractivity contribution in [2.75, 3.05) is 0 Å². The van der Waals surface area contributed by atoms with Crippen molar-refractivity contribution in [3.8, 4) is 0 Å². The van der Waals surface area contributed by atoms with Crippen molar-refractivity contribution >= 4 is 5.97 Å². The summed E-state index contributed by atoms with van der Waals surface area (Å²) in [5.41, 5.74) is 0.596. The van der Waals surface area contributed by atoms with Gasteiger partial charge in [0.1, 0.15) is 5.76 Å². The zero-order valence-corrected chi connectivity index (χ0v) is 10.1. The van der Waals surface area contributed by atoms with Gasteiger partial charge in [0.25, 0.3) is 0 Å². The van der Waals surface area contributed by atoms with Gasteiger partial charge >= 0.3 is 5.97 Å². The van der Waals surface area contributed by atoms with Crippen LogP contribution < -0.4 is 0 Å². The number of benzene rings is 1. The molecule has 0 saturated carbocycles. The Morgan fingerprint density at radius 3 is 2.74 bits per heavy atom. The van der Waals surface area contributed by atoms with Gasteiger partial charge in [0, 0.05) is 12.5 Å². The number of rotatable bonds is 4. The third-order valence-electron chi connectivity index (χ3n) is 2.79. The molecule has 4 nitrogen and oxygen atoms in total. The average Bonchev–Trinajstić information content (AvgIpc) is 2.83. The zero-order chi connectivity index (χ0) is 14.0. The highest BCUT2D eigenvalue weighted by molar-refractivity contribution is 5.85. The van der Waals surface area contributed by atoms with Gasteiger partial charge in [-0.15, -0.1) is 0 Å². The number of hydrogen-bond acceptors (Lipinski definition) is 3. The Morgan fingerprint density at radius 1 is 1.42 bits per heavy atom. The van der Waals surface area contributed by atoms with Gasteiger partial charge in [0.05, 0.1) is 0 Å². The summed E-state index contributed by atoms with van der Waals surface area (Å²) < 4.78 is 31.5. The zero-order valence-electron chi connectivity index (χ0n) is 10.1. The van der Waals surface area contributed by atoms with E-state index < -0.39 is 17.6 Å². The molecule has 100 valence electrons. The molecule has 2 aromatic rings. The van der Waals surface area contributed by atoms with Gasteiger partial charge in [-0.25, -0.2) is 13.6 Å². The second-order valence-electron chi connectivity index (χ2n) is 4.01. The summed E-state index contributed by atoms with van der Waals surface area (Å²) in [5.74, 6) is -2.68. The minimum atomic E-state index is -1.20. The average molecular weight is 267 g/mol. The van der Waals surface area contributed by atoms with Crippen LogP contribution in [0.3, 0.4) is 0 Å². The fraction of sp³-hybridized carbons (Fsp3) is 0.231. The van der Waals surface area contributed by atoms with Crippen molar-refractivity contribution in [3.05, 3.63) is 52.4 Å². The molecule has 0 radical (unpaired) electrons. The van der Waals surface area contributed by atoms with Crippen LogP contribution in [0.1, 0.15) is 34.3 Å². The number of halogens is 2. The van der Waals surface area contributed by atoms with Crippen LogP contribution in [-0.2, 0) is 12.8 Å². The summed E-state index contributed by atoms with van der Waals surface area (Å²) in [7, 11) is 0. The molecular formula is C13H11F2NO3. The second kappa shape index (κ2) is 5.17. The highest BCUT2D eigenvalue weighted by atomic mass is 19.2. The summed E-state index contributed by atoms with van der Waals surface area (Å²) in [5, 5.41) is 12.1. The lowest BCUT2D eigenvalue weighted by Gasteiger charge is -2.07. The van der Waals surface area contributed by atoms with E-state index in [9.17, 15) is 13.6 Å². The molecule has 0 aliphatic rings. The molecule has 0 bridgehead atoms. The predicted molar refractivity (Wildman–Crippen MR) is 62.0 cm³/mol. The fourth-order valence-electron chi connectivity index (χ4n) is 1.87. The molecule has 1 aromatic carbocycles. The Kier molecular flexibility index (Phi) is 3.59. The number of hydrogen-bond donors (Lipinski definition) is 1. The van der Waals surface area contributed by atoms with E-state index in [1.807, 2.05) is 0 Å². The Bertz CT molecular complexity index is 622. The molecule has 0 fully saturated rings. The highest BCUT2D eigenvalue weighted by Crippen LogP contribution is 2.21. The van der Waals surface area contributed by atoms with Crippen molar-refractivity contribution < 1.29 is 23.2 Å². The molecule has 0 saturated heterocycles. The molecule has 0 unspecified atom stereocenters. The van der Waals surface area contributed by atoms with Crippen LogP contribution in [0.15, 0.2) is 22.7 Å². The summed E-state index contributed by atoms with van der Waals surface area (Å²) in [6.45, 7) is 1.71. The molecule has 0 atom stereocenters. The maximum absolute atomic E-state index is 13.6. The van der Waals surface area contributed by atoms with Gasteiger partial charge in [-0.05, 0) is 23.6 Å². The van der Waals surface area contributed by atoms with Crippen LogP contribution in [0.4, 0.5) is 8.78 Å². The van der Waals surface area contributed by atoms with Crippen molar-refractivity contribution in [2.24, 2.45) is 0 Å². The first-order valence-corrected chi connectivity index (χ1v) is 5.67. The Labute approximate surface area is 107 Å². The smallest absolute Gasteiger partial charge is 0.358 e. The second-order valence-corrected chi connectivity index (χ2v) is 4.01. The number of aromatic nitrogens is 1. The molecular weight excluding hydrogens is 256 g/mol. The van der Waals surface area contributed by atoms with Gasteiger partial charge in [0.2, 0.25) is 0 Å². The van der Waals surface area contributed by atoms with Gasteiger partial charge in [0.15, 0.2) is 17.3 Å². The Balaban J connectivity index is 2.32. The molecule has 0 aliphatic carbocycles. The molecule has 19 heavy (non-hydrogen) atoms. The van der Waals surface area contributed by atoms with E-state index in [-0.39, 0.29) is 23.4 Å². The van der Waals surface area contributed by atoms with Crippen molar-refractivity contribution in [2.45, 2.75) is 19.8 Å². The van der Waals surface area contributed by atoms with Crippen LogP contribution >= 0.6 is 0 Å². The van der Waals surface area contributed by atoms with Crippen molar-refractivity contribution in [1.82, 2.24) is 5.16 Å². The van der Waals surface area contributed by atoms with Crippen LogP contribution in [0.5, 0.6) is 0 Å². The van der Waals surface area contributed by atoms with E-state index in [1.54, 1.807) is 6.92 Å². The van der Waals surface area contributed by atoms with E-state index in [1.165, 1.54) is 12.1 Å². The minimum absolute atomic E-state index is 0.167. The quantitative estimate of drug-likeness (QED) is 0.925. The van der Waals surface area contributed by atoms with Crippen molar-refractivity contribution in [3.63, 3.8) is 0 Å². The molecule has 6 heteroatoms.